The van der Waals surface area contributed by atoms with Crippen LogP contribution < -0.4 is 5.32 Å². The summed E-state index contributed by atoms with van der Waals surface area (Å²) in [5.41, 5.74) is 0.846. The first-order valence-electron chi connectivity index (χ1n) is 7.07. The fourth-order valence-electron chi connectivity index (χ4n) is 2.62. The molecule has 2 rings (SSSR count). The van der Waals surface area contributed by atoms with Gasteiger partial charge in [0.2, 0.25) is 5.91 Å². The number of aryl methyl sites for hydroxylation is 2. The molecule has 0 bridgehead atoms. The first-order chi connectivity index (χ1) is 9.58. The third kappa shape index (κ3) is 2.85. The van der Waals surface area contributed by atoms with Gasteiger partial charge in [-0.25, -0.2) is 4.98 Å². The van der Waals surface area contributed by atoms with Crippen LogP contribution in [-0.2, 0) is 11.2 Å². The third-order valence-electron chi connectivity index (χ3n) is 3.65. The van der Waals surface area contributed by atoms with Gasteiger partial charge in [0.15, 0.2) is 0 Å². The minimum absolute atomic E-state index is 0.0410. The lowest BCUT2D eigenvalue weighted by atomic mass is 10.0. The molecule has 1 atom stereocenters. The molecule has 0 aromatic carbocycles. The van der Waals surface area contributed by atoms with Gasteiger partial charge in [-0.05, 0) is 32.6 Å². The summed E-state index contributed by atoms with van der Waals surface area (Å²) in [5.74, 6) is -0.113. The van der Waals surface area contributed by atoms with Crippen molar-refractivity contribution in [3.8, 4) is 0 Å². The number of likely N-dealkylation sites (N-methyl/N-ethyl adjacent to an activating group) is 1. The standard InChI is InChI=1S/C14H21N3O2S/c1-4-10-12(20-9(2)16-10)14(19)17-8-6-5-7-11(17)13(18)15-3/h11H,4-8H2,1-3H3,(H,15,18). The van der Waals surface area contributed by atoms with Gasteiger partial charge in [-0.1, -0.05) is 6.92 Å². The van der Waals surface area contributed by atoms with E-state index in [9.17, 15) is 9.59 Å². The highest BCUT2D eigenvalue weighted by Crippen LogP contribution is 2.25. The van der Waals surface area contributed by atoms with Gasteiger partial charge in [-0.3, -0.25) is 9.59 Å². The first kappa shape index (κ1) is 15.0. The molecule has 1 aliphatic rings. The van der Waals surface area contributed by atoms with Crippen LogP contribution >= 0.6 is 11.3 Å². The third-order valence-corrected chi connectivity index (χ3v) is 4.65. The lowest BCUT2D eigenvalue weighted by Gasteiger charge is -2.34. The van der Waals surface area contributed by atoms with Crippen LogP contribution in [0.1, 0.15) is 46.6 Å². The molecule has 1 aromatic rings. The Morgan fingerprint density at radius 3 is 2.85 bits per heavy atom. The Hall–Kier alpha value is -1.43. The monoisotopic (exact) mass is 295 g/mol. The molecular formula is C14H21N3O2S. The van der Waals surface area contributed by atoms with Gasteiger partial charge in [0, 0.05) is 13.6 Å². The summed E-state index contributed by atoms with van der Waals surface area (Å²) >= 11 is 1.43. The van der Waals surface area contributed by atoms with Crippen molar-refractivity contribution in [2.24, 2.45) is 0 Å². The van der Waals surface area contributed by atoms with E-state index in [0.29, 0.717) is 11.4 Å². The summed E-state index contributed by atoms with van der Waals surface area (Å²) in [6.45, 7) is 4.56. The van der Waals surface area contributed by atoms with E-state index in [1.165, 1.54) is 11.3 Å². The highest BCUT2D eigenvalue weighted by atomic mass is 32.1. The van der Waals surface area contributed by atoms with Crippen molar-refractivity contribution in [2.45, 2.75) is 45.6 Å². The predicted molar refractivity (Wildman–Crippen MR) is 79.0 cm³/mol. The summed E-state index contributed by atoms with van der Waals surface area (Å²) in [5, 5.41) is 3.56. The zero-order valence-corrected chi connectivity index (χ0v) is 13.0. The number of aromatic nitrogens is 1. The molecule has 2 amide bonds. The number of piperidine rings is 1. The van der Waals surface area contributed by atoms with Crippen LogP contribution in [0.25, 0.3) is 0 Å². The van der Waals surface area contributed by atoms with Crippen molar-refractivity contribution >= 4 is 23.2 Å². The molecule has 110 valence electrons. The SMILES string of the molecule is CCc1nc(C)sc1C(=O)N1CCCCC1C(=O)NC. The van der Waals surface area contributed by atoms with Crippen LogP contribution in [0.2, 0.25) is 0 Å². The molecule has 6 heteroatoms. The number of rotatable bonds is 3. The topological polar surface area (TPSA) is 62.3 Å². The fraction of sp³-hybridized carbons (Fsp3) is 0.643. The molecule has 0 spiro atoms. The quantitative estimate of drug-likeness (QED) is 0.924. The normalized spacial score (nSPS) is 18.9. The number of carbonyl (C=O) groups is 2. The van der Waals surface area contributed by atoms with E-state index in [2.05, 4.69) is 10.3 Å². The van der Waals surface area contributed by atoms with Gasteiger partial charge in [0.1, 0.15) is 10.9 Å². The molecular weight excluding hydrogens is 274 g/mol. The van der Waals surface area contributed by atoms with Crippen molar-refractivity contribution in [3.05, 3.63) is 15.6 Å². The minimum Gasteiger partial charge on any atom is -0.357 e. The second kappa shape index (κ2) is 6.35. The zero-order chi connectivity index (χ0) is 14.7. The Labute approximate surface area is 123 Å². The van der Waals surface area contributed by atoms with Gasteiger partial charge in [-0.2, -0.15) is 0 Å². The molecule has 0 aliphatic carbocycles. The molecule has 2 heterocycles. The fourth-order valence-corrected chi connectivity index (χ4v) is 3.58. The van der Waals surface area contributed by atoms with Crippen molar-refractivity contribution in [1.29, 1.82) is 0 Å². The molecule has 1 fully saturated rings. The second-order valence-electron chi connectivity index (χ2n) is 4.99. The number of thiazole rings is 1. The van der Waals surface area contributed by atoms with Gasteiger partial charge in [0.25, 0.3) is 5.91 Å². The molecule has 5 nitrogen and oxygen atoms in total. The maximum absolute atomic E-state index is 12.7. The molecule has 1 aliphatic heterocycles. The highest BCUT2D eigenvalue weighted by Gasteiger charge is 2.33. The maximum atomic E-state index is 12.7. The van der Waals surface area contributed by atoms with Crippen molar-refractivity contribution < 1.29 is 9.59 Å². The number of carbonyl (C=O) groups excluding carboxylic acids is 2. The molecule has 0 radical (unpaired) electrons. The molecule has 1 saturated heterocycles. The molecule has 20 heavy (non-hydrogen) atoms. The number of amides is 2. The highest BCUT2D eigenvalue weighted by molar-refractivity contribution is 7.13. The summed E-state index contributed by atoms with van der Waals surface area (Å²) in [7, 11) is 1.62. The van der Waals surface area contributed by atoms with E-state index in [-0.39, 0.29) is 17.9 Å². The first-order valence-corrected chi connectivity index (χ1v) is 7.89. The van der Waals surface area contributed by atoms with Crippen LogP contribution in [0.3, 0.4) is 0 Å². The van der Waals surface area contributed by atoms with E-state index < -0.39 is 0 Å². The van der Waals surface area contributed by atoms with Crippen LogP contribution in [-0.4, -0.2) is 41.3 Å². The van der Waals surface area contributed by atoms with Crippen LogP contribution in [0.5, 0.6) is 0 Å². The van der Waals surface area contributed by atoms with Crippen LogP contribution in [0.4, 0.5) is 0 Å². The Kier molecular flexibility index (Phi) is 4.75. The van der Waals surface area contributed by atoms with Crippen molar-refractivity contribution in [1.82, 2.24) is 15.2 Å². The number of nitrogens with zero attached hydrogens (tertiary/aromatic N) is 2. The van der Waals surface area contributed by atoms with Gasteiger partial charge >= 0.3 is 0 Å². The second-order valence-corrected chi connectivity index (χ2v) is 6.19. The van der Waals surface area contributed by atoms with E-state index in [1.54, 1.807) is 11.9 Å². The smallest absolute Gasteiger partial charge is 0.266 e. The van der Waals surface area contributed by atoms with Crippen molar-refractivity contribution in [2.75, 3.05) is 13.6 Å². The predicted octanol–water partition coefficient (Wildman–Crippen LogP) is 1.75. The lowest BCUT2D eigenvalue weighted by molar-refractivity contribution is -0.126. The summed E-state index contributed by atoms with van der Waals surface area (Å²) in [4.78, 5) is 31.5. The summed E-state index contributed by atoms with van der Waals surface area (Å²) < 4.78 is 0. The largest absolute Gasteiger partial charge is 0.357 e. The molecule has 1 N–H and O–H groups in total. The Morgan fingerprint density at radius 2 is 2.20 bits per heavy atom. The Morgan fingerprint density at radius 1 is 1.45 bits per heavy atom. The van der Waals surface area contributed by atoms with Crippen LogP contribution in [0.15, 0.2) is 0 Å². The van der Waals surface area contributed by atoms with Crippen molar-refractivity contribution in [3.63, 3.8) is 0 Å². The number of likely N-dealkylation sites (tertiary alicyclic amines) is 1. The maximum Gasteiger partial charge on any atom is 0.266 e. The van der Waals surface area contributed by atoms with Gasteiger partial charge < -0.3 is 10.2 Å². The Balaban J connectivity index is 2.27. The van der Waals surface area contributed by atoms with E-state index in [0.717, 1.165) is 36.4 Å². The molecule has 1 aromatic heterocycles. The molecule has 0 saturated carbocycles. The van der Waals surface area contributed by atoms with E-state index in [4.69, 9.17) is 0 Å². The van der Waals surface area contributed by atoms with E-state index in [1.807, 2.05) is 13.8 Å². The summed E-state index contributed by atoms with van der Waals surface area (Å²) in [6.07, 6.45) is 3.43. The average Bonchev–Trinajstić information content (AvgIpc) is 2.86. The lowest BCUT2D eigenvalue weighted by Crippen LogP contribution is -2.51. The zero-order valence-electron chi connectivity index (χ0n) is 12.2. The minimum atomic E-state index is -0.339. The average molecular weight is 295 g/mol. The van der Waals surface area contributed by atoms with Gasteiger partial charge in [-0.15, -0.1) is 11.3 Å². The number of nitrogens with one attached hydrogen (secondary N) is 1. The number of hydrogen-bond donors (Lipinski definition) is 1. The number of hydrogen-bond acceptors (Lipinski definition) is 4. The van der Waals surface area contributed by atoms with E-state index >= 15 is 0 Å². The van der Waals surface area contributed by atoms with Gasteiger partial charge in [0.05, 0.1) is 10.7 Å². The van der Waals surface area contributed by atoms with Crippen LogP contribution in [0, 0.1) is 6.92 Å². The summed E-state index contributed by atoms with van der Waals surface area (Å²) in [6, 6.07) is -0.339. The Bertz CT molecular complexity index is 513. The molecule has 1 unspecified atom stereocenters.